The molecule has 0 saturated carbocycles. The van der Waals surface area contributed by atoms with E-state index in [1.165, 1.54) is 45.9 Å². The number of thioether (sulfide) groups is 2. The van der Waals surface area contributed by atoms with Crippen LogP contribution in [-0.2, 0) is 15.8 Å². The van der Waals surface area contributed by atoms with Gasteiger partial charge >= 0.3 is 6.18 Å². The number of thiocarbonyl (C=S) groups is 1. The third-order valence-electron chi connectivity index (χ3n) is 6.18. The third kappa shape index (κ3) is 7.14. The molecule has 5 rings (SSSR count). The number of hydrogen-bond acceptors (Lipinski definition) is 7. The van der Waals surface area contributed by atoms with Crippen molar-refractivity contribution in [1.82, 2.24) is 14.5 Å². The summed E-state index contributed by atoms with van der Waals surface area (Å²) in [7, 11) is 0. The summed E-state index contributed by atoms with van der Waals surface area (Å²) in [5, 5.41) is 2.65. The zero-order chi connectivity index (χ0) is 30.7. The quantitative estimate of drug-likeness (QED) is 0.0972. The van der Waals surface area contributed by atoms with Crippen molar-refractivity contribution in [2.24, 2.45) is 0 Å². The van der Waals surface area contributed by atoms with Gasteiger partial charge in [0.2, 0.25) is 11.8 Å². The van der Waals surface area contributed by atoms with Crippen molar-refractivity contribution in [3.8, 4) is 0 Å². The van der Waals surface area contributed by atoms with Crippen molar-refractivity contribution in [3.63, 3.8) is 0 Å². The van der Waals surface area contributed by atoms with E-state index in [0.717, 1.165) is 35.7 Å². The third-order valence-corrected chi connectivity index (χ3v) is 8.49. The van der Waals surface area contributed by atoms with Gasteiger partial charge in [-0.2, -0.15) is 13.2 Å². The molecule has 0 radical (unpaired) electrons. The fourth-order valence-corrected chi connectivity index (χ4v) is 6.30. The van der Waals surface area contributed by atoms with E-state index < -0.39 is 29.4 Å². The SMILES string of the molecule is O=C(CSc1nc2ccccc2n1C(=O)CCN1C(=O)/C(=C\c2ccc(F)cc2)SC1=S)Nc1cccc(C(F)(F)F)c1. The van der Waals surface area contributed by atoms with Gasteiger partial charge in [0.25, 0.3) is 5.91 Å². The first-order valence-corrected chi connectivity index (χ1v) is 14.8. The molecule has 14 heteroatoms. The molecule has 7 nitrogen and oxygen atoms in total. The van der Waals surface area contributed by atoms with Crippen LogP contribution in [0.1, 0.15) is 22.3 Å². The molecule has 1 aromatic heterocycles. The minimum atomic E-state index is -4.55. The molecule has 4 aromatic rings. The van der Waals surface area contributed by atoms with Gasteiger partial charge in [-0.15, -0.1) is 0 Å². The van der Waals surface area contributed by atoms with Gasteiger partial charge in [0, 0.05) is 18.7 Å². The number of alkyl halides is 3. The Balaban J connectivity index is 1.27. The standard InChI is InChI=1S/C29H20F4N4O3S3/c30-19-10-8-17(9-11-19)14-23-26(40)36(28(41)43-23)13-12-25(39)37-22-7-2-1-6-21(22)35-27(37)42-16-24(38)34-20-5-3-4-18(15-20)29(31,32)33/h1-11,14-15H,12-13,16H2,(H,34,38)/b23-14+. The Hall–Kier alpha value is -4.01. The van der Waals surface area contributed by atoms with Crippen LogP contribution in [0.25, 0.3) is 17.1 Å². The number of nitrogens with zero attached hydrogens (tertiary/aromatic N) is 3. The normalized spacial score (nSPS) is 14.6. The molecule has 220 valence electrons. The minimum absolute atomic E-state index is 0.00307. The second kappa shape index (κ2) is 12.7. The maximum Gasteiger partial charge on any atom is 0.416 e. The van der Waals surface area contributed by atoms with Gasteiger partial charge in [0.05, 0.1) is 27.3 Å². The lowest BCUT2D eigenvalue weighted by molar-refractivity contribution is -0.137. The number of carbonyl (C=O) groups excluding carboxylic acids is 3. The number of benzene rings is 3. The number of halogens is 4. The number of aromatic nitrogens is 2. The molecule has 1 fully saturated rings. The molecular weight excluding hydrogens is 625 g/mol. The Morgan fingerprint density at radius 3 is 2.53 bits per heavy atom. The molecule has 0 spiro atoms. The van der Waals surface area contributed by atoms with Gasteiger partial charge in [-0.05, 0) is 54.1 Å². The number of nitrogens with one attached hydrogen (secondary N) is 1. The fourth-order valence-electron chi connectivity index (χ4n) is 4.16. The maximum atomic E-state index is 13.4. The average Bonchev–Trinajstić information content (AvgIpc) is 3.47. The Morgan fingerprint density at radius 2 is 1.79 bits per heavy atom. The number of imidazole rings is 1. The summed E-state index contributed by atoms with van der Waals surface area (Å²) in [5.74, 6) is -1.98. The van der Waals surface area contributed by atoms with Crippen LogP contribution < -0.4 is 5.32 Å². The number of amides is 2. The first-order valence-electron chi connectivity index (χ1n) is 12.6. The second-order valence-electron chi connectivity index (χ2n) is 9.16. The van der Waals surface area contributed by atoms with E-state index in [4.69, 9.17) is 12.2 Å². The molecule has 2 heterocycles. The van der Waals surface area contributed by atoms with Gasteiger partial charge < -0.3 is 5.32 Å². The highest BCUT2D eigenvalue weighted by atomic mass is 32.2. The molecule has 0 unspecified atom stereocenters. The van der Waals surface area contributed by atoms with E-state index in [9.17, 15) is 31.9 Å². The van der Waals surface area contributed by atoms with E-state index in [0.29, 0.717) is 21.5 Å². The Kier molecular flexibility index (Phi) is 8.99. The lowest BCUT2D eigenvalue weighted by atomic mass is 10.2. The maximum absolute atomic E-state index is 13.4. The zero-order valence-corrected chi connectivity index (χ0v) is 24.4. The van der Waals surface area contributed by atoms with Crippen molar-refractivity contribution in [3.05, 3.63) is 94.6 Å². The monoisotopic (exact) mass is 644 g/mol. The molecule has 2 amide bonds. The van der Waals surface area contributed by atoms with E-state index >= 15 is 0 Å². The van der Waals surface area contributed by atoms with Crippen molar-refractivity contribution in [1.29, 1.82) is 0 Å². The molecule has 43 heavy (non-hydrogen) atoms. The first-order chi connectivity index (χ1) is 20.5. The summed E-state index contributed by atoms with van der Waals surface area (Å²) < 4.78 is 53.9. The van der Waals surface area contributed by atoms with Gasteiger partial charge in [-0.1, -0.05) is 66.1 Å². The average molecular weight is 645 g/mol. The summed E-state index contributed by atoms with van der Waals surface area (Å²) >= 11 is 7.40. The van der Waals surface area contributed by atoms with Crippen molar-refractivity contribution >= 4 is 80.6 Å². The van der Waals surface area contributed by atoms with E-state index in [2.05, 4.69) is 10.3 Å². The lowest BCUT2D eigenvalue weighted by Crippen LogP contribution is -2.31. The molecule has 1 aliphatic heterocycles. The highest BCUT2D eigenvalue weighted by Crippen LogP contribution is 2.33. The molecule has 1 N–H and O–H groups in total. The van der Waals surface area contributed by atoms with Gasteiger partial charge in [-0.3, -0.25) is 23.9 Å². The molecule has 1 aliphatic rings. The smallest absolute Gasteiger partial charge is 0.325 e. The highest BCUT2D eigenvalue weighted by Gasteiger charge is 2.33. The van der Waals surface area contributed by atoms with E-state index in [1.54, 1.807) is 30.3 Å². The van der Waals surface area contributed by atoms with Crippen LogP contribution in [-0.4, -0.2) is 48.8 Å². The van der Waals surface area contributed by atoms with Crippen LogP contribution in [0.5, 0.6) is 0 Å². The van der Waals surface area contributed by atoms with Gasteiger partial charge in [-0.25, -0.2) is 9.37 Å². The van der Waals surface area contributed by atoms with Crippen molar-refractivity contribution < 1.29 is 31.9 Å². The van der Waals surface area contributed by atoms with Crippen molar-refractivity contribution in [2.75, 3.05) is 17.6 Å². The Morgan fingerprint density at radius 1 is 1.05 bits per heavy atom. The summed E-state index contributed by atoms with van der Waals surface area (Å²) in [4.78, 5) is 45.2. The molecular formula is C29H20F4N4O3S3. The topological polar surface area (TPSA) is 84.3 Å². The van der Waals surface area contributed by atoms with Gasteiger partial charge in [0.15, 0.2) is 5.16 Å². The molecule has 3 aromatic carbocycles. The van der Waals surface area contributed by atoms with Crippen LogP contribution in [0, 0.1) is 5.82 Å². The predicted octanol–water partition coefficient (Wildman–Crippen LogP) is 6.86. The first kappa shape index (κ1) is 30.4. The number of fused-ring (bicyclic) bond motifs is 1. The number of rotatable bonds is 8. The van der Waals surface area contributed by atoms with E-state index in [-0.39, 0.29) is 39.8 Å². The molecule has 0 bridgehead atoms. The lowest BCUT2D eigenvalue weighted by Gasteiger charge is -2.15. The zero-order valence-electron chi connectivity index (χ0n) is 21.9. The van der Waals surface area contributed by atoms with E-state index in [1.807, 2.05) is 0 Å². The number of carbonyl (C=O) groups is 3. The summed E-state index contributed by atoms with van der Waals surface area (Å²) in [6.45, 7) is -0.00307. The van der Waals surface area contributed by atoms with Crippen LogP contribution in [0.4, 0.5) is 23.2 Å². The van der Waals surface area contributed by atoms with Gasteiger partial charge in [0.1, 0.15) is 10.1 Å². The fraction of sp³-hybridized carbons (Fsp3) is 0.138. The van der Waals surface area contributed by atoms with Crippen LogP contribution >= 0.6 is 35.7 Å². The minimum Gasteiger partial charge on any atom is -0.325 e. The Bertz CT molecular complexity index is 1770. The van der Waals surface area contributed by atoms with Crippen LogP contribution in [0.15, 0.2) is 82.9 Å². The van der Waals surface area contributed by atoms with Crippen molar-refractivity contribution in [2.45, 2.75) is 17.8 Å². The van der Waals surface area contributed by atoms with Crippen LogP contribution in [0.2, 0.25) is 0 Å². The summed E-state index contributed by atoms with van der Waals surface area (Å²) in [5.41, 5.74) is 0.723. The molecule has 1 saturated heterocycles. The number of anilines is 1. The summed E-state index contributed by atoms with van der Waals surface area (Å²) in [6, 6.07) is 16.8. The predicted molar refractivity (Wildman–Crippen MR) is 162 cm³/mol. The largest absolute Gasteiger partial charge is 0.416 e. The number of para-hydroxylation sites is 2. The highest BCUT2D eigenvalue weighted by molar-refractivity contribution is 8.26. The summed E-state index contributed by atoms with van der Waals surface area (Å²) in [6.07, 6.45) is -3.06. The second-order valence-corrected chi connectivity index (χ2v) is 11.8. The Labute approximate surface area is 256 Å². The molecule has 0 atom stereocenters. The number of hydrogen-bond donors (Lipinski definition) is 1. The molecule has 0 aliphatic carbocycles. The van der Waals surface area contributed by atoms with Crippen LogP contribution in [0.3, 0.4) is 0 Å².